The van der Waals surface area contributed by atoms with Crippen LogP contribution in [-0.4, -0.2) is 132 Å². The molecule has 0 heterocycles. The van der Waals surface area contributed by atoms with Crippen LogP contribution >= 0.6 is 0 Å². The molecule has 16 nitrogen and oxygen atoms in total. The van der Waals surface area contributed by atoms with Crippen molar-refractivity contribution in [1.29, 1.82) is 0 Å². The van der Waals surface area contributed by atoms with E-state index in [0.717, 1.165) is 13.8 Å². The van der Waals surface area contributed by atoms with Crippen LogP contribution in [0.3, 0.4) is 0 Å². The van der Waals surface area contributed by atoms with Gasteiger partial charge >= 0.3 is 5.97 Å². The molecule has 0 aromatic rings. The first-order chi connectivity index (χ1) is 14.7. The minimum atomic E-state index is -3.45. The number of aliphatic hydroxyl groups is 9. The van der Waals surface area contributed by atoms with Gasteiger partial charge in [0.15, 0.2) is 6.10 Å². The average molecular weight is 474 g/mol. The Labute approximate surface area is 181 Å². The van der Waals surface area contributed by atoms with E-state index in [9.17, 15) is 50.1 Å². The zero-order valence-corrected chi connectivity index (χ0v) is 17.2. The monoisotopic (exact) mass is 474 g/mol. The molecule has 0 aromatic heterocycles. The number of esters is 1. The molecular formula is C16H30N2O14. The Hall–Kier alpha value is -1.99. The van der Waals surface area contributed by atoms with E-state index in [1.165, 1.54) is 0 Å². The number of ether oxygens (including phenoxy) is 1. The molecule has 0 spiro atoms. The fourth-order valence-electron chi connectivity index (χ4n) is 2.29. The third kappa shape index (κ3) is 8.51. The van der Waals surface area contributed by atoms with Crippen molar-refractivity contribution < 1.29 is 69.9 Å². The minimum absolute atomic E-state index is 0.730. The van der Waals surface area contributed by atoms with Gasteiger partial charge in [-0.25, -0.2) is 10.3 Å². The fourth-order valence-corrected chi connectivity index (χ4v) is 2.29. The van der Waals surface area contributed by atoms with Gasteiger partial charge in [0.05, 0.1) is 13.2 Å². The van der Waals surface area contributed by atoms with Gasteiger partial charge in [-0.1, -0.05) is 0 Å². The smallest absolute Gasteiger partial charge is 0.363 e. The number of hydrogen-bond acceptors (Lipinski definition) is 14. The van der Waals surface area contributed by atoms with Crippen molar-refractivity contribution in [3.05, 3.63) is 0 Å². The lowest BCUT2D eigenvalue weighted by Crippen LogP contribution is -2.68. The Morgan fingerprint density at radius 2 is 1.34 bits per heavy atom. The lowest BCUT2D eigenvalue weighted by molar-refractivity contribution is -0.219. The summed E-state index contributed by atoms with van der Waals surface area (Å²) in [5, 5.41) is 88.8. The van der Waals surface area contributed by atoms with Crippen molar-refractivity contribution in [2.75, 3.05) is 19.8 Å². The van der Waals surface area contributed by atoms with Crippen LogP contribution in [-0.2, 0) is 24.0 Å². The van der Waals surface area contributed by atoms with E-state index >= 15 is 0 Å². The first-order valence-corrected chi connectivity index (χ1v) is 9.13. The van der Waals surface area contributed by atoms with Crippen LogP contribution in [0.15, 0.2) is 0 Å². The number of carbonyl (C=O) groups is 3. The van der Waals surface area contributed by atoms with Crippen molar-refractivity contribution >= 4 is 17.8 Å². The maximum Gasteiger partial charge on any atom is 0.363 e. The first kappa shape index (κ1) is 30.0. The molecule has 0 fully saturated rings. The quantitative estimate of drug-likeness (QED) is 0.0634. The SMILES string of the molecule is CC(=O)NOC[C@H](OC(=O)[C@@](O)(NC(C)=O)[C@H](O)[C@@H](O)[C@H](O)CO)[C@@H](O)[C@H](O)[C@H](O)CO. The summed E-state index contributed by atoms with van der Waals surface area (Å²) >= 11 is 0. The zero-order chi connectivity index (χ0) is 25.2. The molecule has 0 aliphatic rings. The van der Waals surface area contributed by atoms with Crippen molar-refractivity contribution in [3.63, 3.8) is 0 Å². The third-order valence-corrected chi connectivity index (χ3v) is 4.04. The number of hydrogen-bond donors (Lipinski definition) is 11. The Kier molecular flexibility index (Phi) is 12.7. The minimum Gasteiger partial charge on any atom is -0.453 e. The van der Waals surface area contributed by atoms with E-state index in [1.54, 1.807) is 10.8 Å². The number of carbonyl (C=O) groups excluding carboxylic acids is 3. The Morgan fingerprint density at radius 3 is 1.78 bits per heavy atom. The van der Waals surface area contributed by atoms with E-state index < -0.39 is 86.1 Å². The highest BCUT2D eigenvalue weighted by atomic mass is 16.7. The lowest BCUT2D eigenvalue weighted by atomic mass is 9.97. The molecule has 0 unspecified atom stereocenters. The molecule has 32 heavy (non-hydrogen) atoms. The van der Waals surface area contributed by atoms with Crippen LogP contribution < -0.4 is 10.8 Å². The number of rotatable bonds is 14. The summed E-state index contributed by atoms with van der Waals surface area (Å²) in [5.74, 6) is -3.80. The molecule has 0 radical (unpaired) electrons. The molecule has 0 aromatic carbocycles. The number of hydroxylamine groups is 1. The second kappa shape index (κ2) is 13.5. The van der Waals surface area contributed by atoms with Gasteiger partial charge in [0.2, 0.25) is 11.8 Å². The second-order valence-electron chi connectivity index (χ2n) is 6.78. The van der Waals surface area contributed by atoms with Crippen LogP contribution in [0.2, 0.25) is 0 Å². The largest absolute Gasteiger partial charge is 0.453 e. The van der Waals surface area contributed by atoms with Gasteiger partial charge in [-0.2, -0.15) is 0 Å². The maximum absolute atomic E-state index is 12.6. The molecule has 0 aliphatic carbocycles. The number of nitrogens with one attached hydrogen (secondary N) is 2. The average Bonchev–Trinajstić information content (AvgIpc) is 2.73. The molecular weight excluding hydrogens is 444 g/mol. The highest BCUT2D eigenvalue weighted by molar-refractivity contribution is 5.86. The van der Waals surface area contributed by atoms with Crippen LogP contribution in [0.1, 0.15) is 13.8 Å². The lowest BCUT2D eigenvalue weighted by Gasteiger charge is -2.36. The molecule has 0 saturated heterocycles. The highest BCUT2D eigenvalue weighted by Crippen LogP contribution is 2.19. The molecule has 2 amide bonds. The summed E-state index contributed by atoms with van der Waals surface area (Å²) in [6.45, 7) is -1.21. The van der Waals surface area contributed by atoms with Crippen LogP contribution in [0.4, 0.5) is 0 Å². The van der Waals surface area contributed by atoms with E-state index in [0.29, 0.717) is 0 Å². The van der Waals surface area contributed by atoms with E-state index in [2.05, 4.69) is 4.84 Å². The van der Waals surface area contributed by atoms with Gasteiger partial charge in [0.1, 0.15) is 43.2 Å². The number of aliphatic hydroxyl groups excluding tert-OH is 8. The molecule has 0 saturated carbocycles. The molecule has 16 heteroatoms. The van der Waals surface area contributed by atoms with E-state index in [1.807, 2.05) is 0 Å². The van der Waals surface area contributed by atoms with Gasteiger partial charge in [0.25, 0.3) is 5.72 Å². The molecule has 11 N–H and O–H groups in total. The van der Waals surface area contributed by atoms with Crippen molar-refractivity contribution in [1.82, 2.24) is 10.8 Å². The third-order valence-electron chi connectivity index (χ3n) is 4.04. The summed E-state index contributed by atoms with van der Waals surface area (Å²) in [6.07, 6.45) is -15.4. The predicted octanol–water partition coefficient (Wildman–Crippen LogP) is -7.06. The van der Waals surface area contributed by atoms with Crippen LogP contribution in [0.25, 0.3) is 0 Å². The summed E-state index contributed by atoms with van der Waals surface area (Å²) in [7, 11) is 0. The van der Waals surface area contributed by atoms with Gasteiger partial charge in [-0.05, 0) is 0 Å². The molecule has 0 bridgehead atoms. The Morgan fingerprint density at radius 1 is 0.844 bits per heavy atom. The fraction of sp³-hybridized carbons (Fsp3) is 0.812. The topological polar surface area (TPSA) is 276 Å². The van der Waals surface area contributed by atoms with Gasteiger partial charge < -0.3 is 56.0 Å². The van der Waals surface area contributed by atoms with Gasteiger partial charge in [-0.3, -0.25) is 14.4 Å². The summed E-state index contributed by atoms with van der Waals surface area (Å²) < 4.78 is 4.76. The van der Waals surface area contributed by atoms with Crippen molar-refractivity contribution in [2.24, 2.45) is 0 Å². The van der Waals surface area contributed by atoms with Gasteiger partial charge in [-0.15, -0.1) is 0 Å². The van der Waals surface area contributed by atoms with Crippen LogP contribution in [0, 0.1) is 0 Å². The van der Waals surface area contributed by atoms with Crippen molar-refractivity contribution in [3.8, 4) is 0 Å². The van der Waals surface area contributed by atoms with E-state index in [-0.39, 0.29) is 0 Å². The normalized spacial score (nSPS) is 20.0. The van der Waals surface area contributed by atoms with Crippen LogP contribution in [0.5, 0.6) is 0 Å². The second-order valence-corrected chi connectivity index (χ2v) is 6.78. The Bertz CT molecular complexity index is 622. The summed E-state index contributed by atoms with van der Waals surface area (Å²) in [4.78, 5) is 39.6. The molecule has 188 valence electrons. The molecule has 8 atom stereocenters. The standard InChI is InChI=1S/C16H30N2O14/c1-6(21)17-16(30,14(28)12(26)9(24)4-20)15(29)32-10(5-31-18-7(2)22)13(27)11(25)8(23)3-19/h8-14,19-20,23-28,30H,3-5H2,1-2H3,(H,17,21)(H,18,22)/t8-,9-,10+,11-,12+,13-,14-,16-/m1/s1. The summed E-state index contributed by atoms with van der Waals surface area (Å²) in [5.41, 5.74) is -1.65. The Balaban J connectivity index is 5.87. The van der Waals surface area contributed by atoms with Crippen molar-refractivity contribution in [2.45, 2.75) is 62.3 Å². The van der Waals surface area contributed by atoms with Gasteiger partial charge in [0, 0.05) is 13.8 Å². The molecule has 0 aliphatic heterocycles. The highest BCUT2D eigenvalue weighted by Gasteiger charge is 2.52. The maximum atomic E-state index is 12.6. The van der Waals surface area contributed by atoms with E-state index in [4.69, 9.17) is 14.9 Å². The zero-order valence-electron chi connectivity index (χ0n) is 17.2. The number of amides is 2. The predicted molar refractivity (Wildman–Crippen MR) is 98.6 cm³/mol. The first-order valence-electron chi connectivity index (χ1n) is 9.13. The summed E-state index contributed by atoms with van der Waals surface area (Å²) in [6, 6.07) is 0. The molecule has 0 rings (SSSR count).